The lowest BCUT2D eigenvalue weighted by Gasteiger charge is -2.29. The van der Waals surface area contributed by atoms with Crippen LogP contribution in [0, 0.1) is 0 Å². The average Bonchev–Trinajstić information content (AvgIpc) is 3.19. The summed E-state index contributed by atoms with van der Waals surface area (Å²) in [7, 11) is 3.94. The largest absolute Gasteiger partial charge is 0.354 e. The van der Waals surface area contributed by atoms with E-state index in [9.17, 15) is 14.4 Å². The van der Waals surface area contributed by atoms with Gasteiger partial charge in [-0.25, -0.2) is 0 Å². The number of para-hydroxylation sites is 2. The van der Waals surface area contributed by atoms with Crippen molar-refractivity contribution in [3.63, 3.8) is 0 Å². The van der Waals surface area contributed by atoms with Gasteiger partial charge in [-0.15, -0.1) is 11.3 Å². The summed E-state index contributed by atoms with van der Waals surface area (Å²) in [5.41, 5.74) is 1.28. The van der Waals surface area contributed by atoms with Crippen molar-refractivity contribution < 1.29 is 14.4 Å². The molecule has 0 fully saturated rings. The first kappa shape index (κ1) is 20.0. The molecule has 3 rings (SSSR count). The summed E-state index contributed by atoms with van der Waals surface area (Å²) < 4.78 is 0. The van der Waals surface area contributed by atoms with Crippen LogP contribution in [0.25, 0.3) is 0 Å². The molecule has 2 N–H and O–H groups in total. The van der Waals surface area contributed by atoms with Crippen molar-refractivity contribution >= 4 is 40.4 Å². The number of nitrogens with zero attached hydrogens (tertiary/aromatic N) is 2. The zero-order valence-corrected chi connectivity index (χ0v) is 16.8. The van der Waals surface area contributed by atoms with E-state index in [4.69, 9.17) is 0 Å². The normalized spacial score (nSPS) is 14.4. The van der Waals surface area contributed by atoms with Gasteiger partial charge < -0.3 is 20.4 Å². The lowest BCUT2D eigenvalue weighted by molar-refractivity contribution is -0.125. The third-order valence-electron chi connectivity index (χ3n) is 4.63. The molecule has 0 bridgehead atoms. The minimum absolute atomic E-state index is 0.0292. The Morgan fingerprint density at radius 1 is 1.21 bits per heavy atom. The van der Waals surface area contributed by atoms with E-state index in [2.05, 4.69) is 15.5 Å². The molecule has 1 aromatic heterocycles. The van der Waals surface area contributed by atoms with Crippen molar-refractivity contribution in [3.05, 3.63) is 46.7 Å². The topological polar surface area (TPSA) is 81.8 Å². The number of amides is 3. The Balaban J connectivity index is 1.53. The van der Waals surface area contributed by atoms with Gasteiger partial charge in [0.15, 0.2) is 0 Å². The van der Waals surface area contributed by atoms with Crippen molar-refractivity contribution in [2.24, 2.45) is 0 Å². The number of likely N-dealkylation sites (N-methyl/N-ethyl adjacent to an activating group) is 1. The van der Waals surface area contributed by atoms with Crippen LogP contribution in [0.3, 0.4) is 0 Å². The molecule has 0 radical (unpaired) electrons. The van der Waals surface area contributed by atoms with Crippen LogP contribution in [0.1, 0.15) is 23.8 Å². The second-order valence-electron chi connectivity index (χ2n) is 6.84. The molecule has 1 aliphatic heterocycles. The highest BCUT2D eigenvalue weighted by molar-refractivity contribution is 7.10. The summed E-state index contributed by atoms with van der Waals surface area (Å²) in [4.78, 5) is 41.4. The van der Waals surface area contributed by atoms with Crippen molar-refractivity contribution in [1.29, 1.82) is 0 Å². The van der Waals surface area contributed by atoms with E-state index in [0.29, 0.717) is 17.9 Å². The SMILES string of the molecule is CN(C)C(CNC(=O)CCC(=O)N1CC(=O)Nc2ccccc21)c1cccs1. The molecule has 3 amide bonds. The van der Waals surface area contributed by atoms with E-state index < -0.39 is 0 Å². The number of carbonyl (C=O) groups is 3. The number of rotatable bonds is 7. The lowest BCUT2D eigenvalue weighted by atomic mass is 10.1. The van der Waals surface area contributed by atoms with E-state index in [0.717, 1.165) is 0 Å². The number of fused-ring (bicyclic) bond motifs is 1. The number of hydrogen-bond acceptors (Lipinski definition) is 5. The number of benzene rings is 1. The maximum atomic E-state index is 12.6. The fourth-order valence-corrected chi connectivity index (χ4v) is 4.05. The van der Waals surface area contributed by atoms with E-state index in [1.807, 2.05) is 37.7 Å². The number of hydrogen-bond donors (Lipinski definition) is 2. The number of nitrogens with one attached hydrogen (secondary N) is 2. The molecule has 1 aromatic carbocycles. The number of anilines is 2. The first-order valence-corrected chi connectivity index (χ1v) is 9.99. The van der Waals surface area contributed by atoms with E-state index in [-0.39, 0.29) is 43.1 Å². The first-order chi connectivity index (χ1) is 13.5. The third-order valence-corrected chi connectivity index (χ3v) is 5.60. The molecule has 2 aromatic rings. The lowest BCUT2D eigenvalue weighted by Crippen LogP contribution is -2.42. The monoisotopic (exact) mass is 400 g/mol. The maximum absolute atomic E-state index is 12.6. The second kappa shape index (κ2) is 8.99. The molecule has 0 saturated carbocycles. The van der Waals surface area contributed by atoms with E-state index in [1.54, 1.807) is 29.5 Å². The molecule has 2 heterocycles. The van der Waals surface area contributed by atoms with Gasteiger partial charge in [0.25, 0.3) is 0 Å². The van der Waals surface area contributed by atoms with E-state index in [1.165, 1.54) is 9.78 Å². The van der Waals surface area contributed by atoms with Gasteiger partial charge in [-0.1, -0.05) is 18.2 Å². The summed E-state index contributed by atoms with van der Waals surface area (Å²) >= 11 is 1.65. The molecule has 1 aliphatic rings. The Bertz CT molecular complexity index is 851. The minimum Gasteiger partial charge on any atom is -0.354 e. The Morgan fingerprint density at radius 2 is 2.00 bits per heavy atom. The van der Waals surface area contributed by atoms with Crippen molar-refractivity contribution in [2.45, 2.75) is 18.9 Å². The van der Waals surface area contributed by atoms with Crippen LogP contribution in [-0.4, -0.2) is 49.8 Å². The molecular formula is C20H24N4O3S. The molecule has 1 unspecified atom stereocenters. The average molecular weight is 401 g/mol. The molecule has 0 spiro atoms. The summed E-state index contributed by atoms with van der Waals surface area (Å²) in [6, 6.07) is 11.3. The van der Waals surface area contributed by atoms with Crippen molar-refractivity contribution in [1.82, 2.24) is 10.2 Å². The van der Waals surface area contributed by atoms with Gasteiger partial charge in [0, 0.05) is 24.3 Å². The predicted octanol–water partition coefficient (Wildman–Crippen LogP) is 2.23. The standard InChI is InChI=1S/C20H24N4O3S/c1-23(2)16(17-8-5-11-28-17)12-21-18(25)9-10-20(27)24-13-19(26)22-14-6-3-4-7-15(14)24/h3-8,11,16H,9-10,12-13H2,1-2H3,(H,21,25)(H,22,26). The second-order valence-corrected chi connectivity index (χ2v) is 7.82. The highest BCUT2D eigenvalue weighted by Gasteiger charge is 2.26. The van der Waals surface area contributed by atoms with Gasteiger partial charge in [-0.2, -0.15) is 0 Å². The quantitative estimate of drug-likeness (QED) is 0.747. The van der Waals surface area contributed by atoms with Crippen molar-refractivity contribution in [3.8, 4) is 0 Å². The van der Waals surface area contributed by atoms with Crippen LogP contribution in [0.15, 0.2) is 41.8 Å². The Morgan fingerprint density at radius 3 is 2.71 bits per heavy atom. The van der Waals surface area contributed by atoms with Crippen LogP contribution in [0.2, 0.25) is 0 Å². The van der Waals surface area contributed by atoms with Gasteiger partial charge in [0.1, 0.15) is 6.54 Å². The molecule has 148 valence electrons. The molecule has 28 heavy (non-hydrogen) atoms. The fraction of sp³-hybridized carbons (Fsp3) is 0.350. The van der Waals surface area contributed by atoms with Gasteiger partial charge in [-0.3, -0.25) is 14.4 Å². The highest BCUT2D eigenvalue weighted by Crippen LogP contribution is 2.29. The number of thiophene rings is 1. The molecule has 7 nitrogen and oxygen atoms in total. The van der Waals surface area contributed by atoms with Gasteiger partial charge >= 0.3 is 0 Å². The Hall–Kier alpha value is -2.71. The van der Waals surface area contributed by atoms with E-state index >= 15 is 0 Å². The van der Waals surface area contributed by atoms with Crippen LogP contribution >= 0.6 is 11.3 Å². The van der Waals surface area contributed by atoms with Crippen LogP contribution < -0.4 is 15.5 Å². The summed E-state index contributed by atoms with van der Waals surface area (Å²) in [5, 5.41) is 7.68. The van der Waals surface area contributed by atoms with Gasteiger partial charge in [0.05, 0.1) is 17.4 Å². The van der Waals surface area contributed by atoms with Gasteiger partial charge in [-0.05, 0) is 37.7 Å². The zero-order chi connectivity index (χ0) is 20.1. The van der Waals surface area contributed by atoms with Crippen LogP contribution in [0.4, 0.5) is 11.4 Å². The summed E-state index contributed by atoms with van der Waals surface area (Å²) in [5.74, 6) is -0.646. The molecule has 0 aliphatic carbocycles. The summed E-state index contributed by atoms with van der Waals surface area (Å²) in [6.45, 7) is 0.452. The highest BCUT2D eigenvalue weighted by atomic mass is 32.1. The molecule has 1 atom stereocenters. The fourth-order valence-electron chi connectivity index (χ4n) is 3.13. The Kier molecular flexibility index (Phi) is 6.43. The third kappa shape index (κ3) is 4.76. The molecule has 0 saturated heterocycles. The molecular weight excluding hydrogens is 376 g/mol. The predicted molar refractivity (Wildman–Crippen MR) is 110 cm³/mol. The van der Waals surface area contributed by atoms with Gasteiger partial charge in [0.2, 0.25) is 17.7 Å². The Labute approximate surface area is 168 Å². The van der Waals surface area contributed by atoms with Crippen LogP contribution in [-0.2, 0) is 14.4 Å². The summed E-state index contributed by atoms with van der Waals surface area (Å²) in [6.07, 6.45) is 0.142. The van der Waals surface area contributed by atoms with Crippen LogP contribution in [0.5, 0.6) is 0 Å². The van der Waals surface area contributed by atoms with Crippen molar-refractivity contribution in [2.75, 3.05) is 37.4 Å². The minimum atomic E-state index is -0.236. The maximum Gasteiger partial charge on any atom is 0.244 e. The number of carbonyl (C=O) groups excluding carboxylic acids is 3. The molecule has 8 heteroatoms. The first-order valence-electron chi connectivity index (χ1n) is 9.11. The smallest absolute Gasteiger partial charge is 0.244 e. The zero-order valence-electron chi connectivity index (χ0n) is 16.0.